The van der Waals surface area contributed by atoms with Crippen LogP contribution in [0.3, 0.4) is 0 Å². The average molecular weight is 378 g/mol. The Balaban J connectivity index is 1.36. The van der Waals surface area contributed by atoms with E-state index < -0.39 is 0 Å². The zero-order valence-electron chi connectivity index (χ0n) is 13.9. The average Bonchev–Trinajstić information content (AvgIpc) is 3.06. The van der Waals surface area contributed by atoms with Gasteiger partial charge in [-0.25, -0.2) is 0 Å². The molecular formula is C19H20ClNO3S. The van der Waals surface area contributed by atoms with E-state index in [2.05, 4.69) is 11.0 Å². The number of hydrogen-bond acceptors (Lipinski definition) is 5. The van der Waals surface area contributed by atoms with Gasteiger partial charge in [-0.3, -0.25) is 9.69 Å². The minimum Gasteiger partial charge on any atom is -0.486 e. The molecule has 1 aromatic heterocycles. The molecule has 1 aromatic carbocycles. The SMILES string of the molecule is O=C(c1ccc2c(c1)OCCO2)C1CCN(Cc2ccc(Cl)s2)CC1. The number of carbonyl (C=O) groups is 1. The largest absolute Gasteiger partial charge is 0.486 e. The van der Waals surface area contributed by atoms with Crippen molar-refractivity contribution in [1.29, 1.82) is 0 Å². The van der Waals surface area contributed by atoms with Crippen LogP contribution in [-0.4, -0.2) is 37.0 Å². The summed E-state index contributed by atoms with van der Waals surface area (Å²) in [5.74, 6) is 1.72. The molecule has 0 bridgehead atoms. The molecule has 0 unspecified atom stereocenters. The Kier molecular flexibility index (Phi) is 4.97. The Morgan fingerprint density at radius 1 is 1.12 bits per heavy atom. The van der Waals surface area contributed by atoms with Crippen LogP contribution in [-0.2, 0) is 6.54 Å². The van der Waals surface area contributed by atoms with Crippen LogP contribution < -0.4 is 9.47 Å². The molecule has 3 heterocycles. The van der Waals surface area contributed by atoms with E-state index in [4.69, 9.17) is 21.1 Å². The van der Waals surface area contributed by atoms with Crippen molar-refractivity contribution >= 4 is 28.7 Å². The van der Waals surface area contributed by atoms with Crippen molar-refractivity contribution in [3.05, 3.63) is 45.1 Å². The number of nitrogens with zero attached hydrogens (tertiary/aromatic N) is 1. The molecule has 0 radical (unpaired) electrons. The number of benzene rings is 1. The molecule has 0 saturated carbocycles. The van der Waals surface area contributed by atoms with Gasteiger partial charge in [0.25, 0.3) is 0 Å². The van der Waals surface area contributed by atoms with E-state index in [1.165, 1.54) is 4.88 Å². The molecule has 4 nitrogen and oxygen atoms in total. The van der Waals surface area contributed by atoms with Crippen LogP contribution in [0.2, 0.25) is 4.34 Å². The first-order valence-corrected chi connectivity index (χ1v) is 9.79. The van der Waals surface area contributed by atoms with Gasteiger partial charge in [-0.05, 0) is 56.3 Å². The second-order valence-corrected chi connectivity index (χ2v) is 8.28. The third kappa shape index (κ3) is 3.84. The molecule has 1 fully saturated rings. The van der Waals surface area contributed by atoms with Crippen LogP contribution in [0.15, 0.2) is 30.3 Å². The van der Waals surface area contributed by atoms with Crippen molar-refractivity contribution in [3.8, 4) is 11.5 Å². The first kappa shape index (κ1) is 16.9. The summed E-state index contributed by atoms with van der Waals surface area (Å²) < 4.78 is 11.9. The number of likely N-dealkylation sites (tertiary alicyclic amines) is 1. The van der Waals surface area contributed by atoms with Crippen molar-refractivity contribution in [2.75, 3.05) is 26.3 Å². The number of ketones is 1. The number of piperidine rings is 1. The van der Waals surface area contributed by atoms with Gasteiger partial charge in [0.05, 0.1) is 4.34 Å². The van der Waals surface area contributed by atoms with Crippen LogP contribution >= 0.6 is 22.9 Å². The second kappa shape index (κ2) is 7.36. The predicted octanol–water partition coefficient (Wildman–Crippen LogP) is 4.27. The summed E-state index contributed by atoms with van der Waals surface area (Å²) in [6.07, 6.45) is 1.79. The van der Waals surface area contributed by atoms with E-state index >= 15 is 0 Å². The molecular weight excluding hydrogens is 358 g/mol. The van der Waals surface area contributed by atoms with E-state index in [1.807, 2.05) is 24.3 Å². The van der Waals surface area contributed by atoms with E-state index in [9.17, 15) is 4.79 Å². The first-order chi connectivity index (χ1) is 12.2. The standard InChI is InChI=1S/C19H20ClNO3S/c20-18-4-2-15(25-18)12-21-7-5-13(6-8-21)19(22)14-1-3-16-17(11-14)24-10-9-23-16/h1-4,11,13H,5-10,12H2. The van der Waals surface area contributed by atoms with Gasteiger partial charge in [-0.15, -0.1) is 11.3 Å². The summed E-state index contributed by atoms with van der Waals surface area (Å²) in [6, 6.07) is 9.56. The summed E-state index contributed by atoms with van der Waals surface area (Å²) in [7, 11) is 0. The number of carbonyl (C=O) groups excluding carboxylic acids is 1. The molecule has 6 heteroatoms. The van der Waals surface area contributed by atoms with Crippen molar-refractivity contribution in [3.63, 3.8) is 0 Å². The molecule has 0 spiro atoms. The molecule has 0 atom stereocenters. The number of Topliss-reactive ketones (excluding diaryl/α,β-unsaturated/α-hetero) is 1. The lowest BCUT2D eigenvalue weighted by Gasteiger charge is -2.31. The maximum absolute atomic E-state index is 12.8. The second-order valence-electron chi connectivity index (χ2n) is 6.48. The fourth-order valence-corrected chi connectivity index (χ4v) is 4.57. The number of ether oxygens (including phenoxy) is 2. The lowest BCUT2D eigenvalue weighted by molar-refractivity contribution is 0.0834. The highest BCUT2D eigenvalue weighted by molar-refractivity contribution is 7.16. The van der Waals surface area contributed by atoms with E-state index in [0.29, 0.717) is 19.0 Å². The van der Waals surface area contributed by atoms with Gasteiger partial charge in [-0.2, -0.15) is 0 Å². The quantitative estimate of drug-likeness (QED) is 0.746. The van der Waals surface area contributed by atoms with Crippen LogP contribution in [0.1, 0.15) is 28.1 Å². The van der Waals surface area contributed by atoms with Gasteiger partial charge >= 0.3 is 0 Å². The van der Waals surface area contributed by atoms with E-state index in [0.717, 1.165) is 48.1 Å². The summed E-state index contributed by atoms with van der Waals surface area (Å²) in [4.78, 5) is 16.5. The van der Waals surface area contributed by atoms with Crippen molar-refractivity contribution in [1.82, 2.24) is 4.90 Å². The number of halogens is 1. The lowest BCUT2D eigenvalue weighted by Crippen LogP contribution is -2.35. The summed E-state index contributed by atoms with van der Waals surface area (Å²) in [6.45, 7) is 3.90. The van der Waals surface area contributed by atoms with Gasteiger partial charge in [-0.1, -0.05) is 11.6 Å². The summed E-state index contributed by atoms with van der Waals surface area (Å²) in [5.41, 5.74) is 0.729. The molecule has 0 aliphatic carbocycles. The Morgan fingerprint density at radius 3 is 2.60 bits per heavy atom. The molecule has 25 heavy (non-hydrogen) atoms. The fourth-order valence-electron chi connectivity index (χ4n) is 3.44. The van der Waals surface area contributed by atoms with Gasteiger partial charge in [0, 0.05) is 22.9 Å². The van der Waals surface area contributed by atoms with E-state index in [-0.39, 0.29) is 11.7 Å². The minimum atomic E-state index is 0.0886. The van der Waals surface area contributed by atoms with Crippen molar-refractivity contribution in [2.24, 2.45) is 5.92 Å². The number of hydrogen-bond donors (Lipinski definition) is 0. The monoisotopic (exact) mass is 377 g/mol. The fraction of sp³-hybridized carbons (Fsp3) is 0.421. The molecule has 2 aliphatic heterocycles. The lowest BCUT2D eigenvalue weighted by atomic mass is 9.88. The zero-order chi connectivity index (χ0) is 17.2. The highest BCUT2D eigenvalue weighted by Gasteiger charge is 2.27. The van der Waals surface area contributed by atoms with Crippen molar-refractivity contribution in [2.45, 2.75) is 19.4 Å². The minimum absolute atomic E-state index is 0.0886. The third-order valence-electron chi connectivity index (χ3n) is 4.79. The zero-order valence-corrected chi connectivity index (χ0v) is 15.4. The molecule has 2 aromatic rings. The predicted molar refractivity (Wildman–Crippen MR) is 99.1 cm³/mol. The molecule has 0 N–H and O–H groups in total. The molecule has 132 valence electrons. The molecule has 2 aliphatic rings. The molecule has 0 amide bonds. The van der Waals surface area contributed by atoms with Gasteiger partial charge < -0.3 is 9.47 Å². The maximum atomic E-state index is 12.8. The topological polar surface area (TPSA) is 38.8 Å². The summed E-state index contributed by atoms with van der Waals surface area (Å²) >= 11 is 7.63. The molecule has 4 rings (SSSR count). The van der Waals surface area contributed by atoms with Crippen LogP contribution in [0, 0.1) is 5.92 Å². The third-order valence-corrected chi connectivity index (χ3v) is 6.01. The normalized spacial score (nSPS) is 18.3. The van der Waals surface area contributed by atoms with Gasteiger partial charge in [0.2, 0.25) is 0 Å². The number of rotatable bonds is 4. The number of fused-ring (bicyclic) bond motifs is 1. The Morgan fingerprint density at radius 2 is 1.88 bits per heavy atom. The van der Waals surface area contributed by atoms with Gasteiger partial charge in [0.15, 0.2) is 17.3 Å². The van der Waals surface area contributed by atoms with E-state index in [1.54, 1.807) is 11.3 Å². The van der Waals surface area contributed by atoms with Crippen LogP contribution in [0.5, 0.6) is 11.5 Å². The summed E-state index contributed by atoms with van der Waals surface area (Å²) in [5, 5.41) is 0. The smallest absolute Gasteiger partial charge is 0.166 e. The molecule has 1 saturated heterocycles. The Hall–Kier alpha value is -1.56. The highest BCUT2D eigenvalue weighted by Crippen LogP contribution is 2.33. The number of thiophene rings is 1. The Bertz CT molecular complexity index is 768. The Labute approximate surface area is 156 Å². The maximum Gasteiger partial charge on any atom is 0.166 e. The first-order valence-electron chi connectivity index (χ1n) is 8.59. The van der Waals surface area contributed by atoms with Gasteiger partial charge in [0.1, 0.15) is 13.2 Å². The van der Waals surface area contributed by atoms with Crippen LogP contribution in [0.4, 0.5) is 0 Å². The highest BCUT2D eigenvalue weighted by atomic mass is 35.5. The van der Waals surface area contributed by atoms with Crippen molar-refractivity contribution < 1.29 is 14.3 Å². The van der Waals surface area contributed by atoms with Crippen LogP contribution in [0.25, 0.3) is 0 Å².